The zero-order chi connectivity index (χ0) is 20.4. The first-order valence-electron chi connectivity index (χ1n) is 9.50. The highest BCUT2D eigenvalue weighted by Gasteiger charge is 2.40. The van der Waals surface area contributed by atoms with E-state index >= 15 is 0 Å². The fourth-order valence-electron chi connectivity index (χ4n) is 3.63. The summed E-state index contributed by atoms with van der Waals surface area (Å²) in [6.07, 6.45) is 0.954. The van der Waals surface area contributed by atoms with Crippen LogP contribution in [0.2, 0.25) is 5.02 Å². The molecule has 7 heteroatoms. The van der Waals surface area contributed by atoms with Crippen molar-refractivity contribution in [3.05, 3.63) is 76.1 Å². The number of benzene rings is 2. The number of fused-ring (bicyclic) bond motifs is 1. The molecule has 0 amide bonds. The minimum Gasteiger partial charge on any atom is -0.463 e. The summed E-state index contributed by atoms with van der Waals surface area (Å²) in [5.74, 6) is 0.104. The second-order valence-electron chi connectivity index (χ2n) is 6.71. The number of thioether (sulfide) groups is 1. The highest BCUT2D eigenvalue weighted by molar-refractivity contribution is 8.13. The van der Waals surface area contributed by atoms with Gasteiger partial charge >= 0.3 is 5.97 Å². The molecule has 0 N–H and O–H groups in total. The summed E-state index contributed by atoms with van der Waals surface area (Å²) in [7, 11) is 0. The van der Waals surface area contributed by atoms with E-state index in [1.807, 2.05) is 30.3 Å². The Bertz CT molecular complexity index is 994. The first-order valence-corrected chi connectivity index (χ1v) is 10.9. The topological polar surface area (TPSA) is 41.9 Å². The number of carbonyl (C=O) groups excluding carboxylic acids is 1. The quantitative estimate of drug-likeness (QED) is 0.617. The molecule has 2 heterocycles. The number of aliphatic imine (C=N–C) groups is 1. The van der Waals surface area contributed by atoms with Crippen LogP contribution >= 0.6 is 23.4 Å². The summed E-state index contributed by atoms with van der Waals surface area (Å²) in [6, 6.07) is 13.4. The second-order valence-corrected chi connectivity index (χ2v) is 8.18. The monoisotopic (exact) mass is 430 g/mol. The number of rotatable bonds is 4. The zero-order valence-electron chi connectivity index (χ0n) is 15.9. The van der Waals surface area contributed by atoms with Crippen LogP contribution in [0, 0.1) is 5.82 Å². The van der Waals surface area contributed by atoms with E-state index in [0.717, 1.165) is 29.4 Å². The average Bonchev–Trinajstić information content (AvgIpc) is 2.73. The largest absolute Gasteiger partial charge is 0.463 e. The Morgan fingerprint density at radius 1 is 1.31 bits per heavy atom. The van der Waals surface area contributed by atoms with E-state index in [-0.39, 0.29) is 11.6 Å². The summed E-state index contributed by atoms with van der Waals surface area (Å²) >= 11 is 8.10. The molecule has 150 valence electrons. The maximum Gasteiger partial charge on any atom is 0.338 e. The lowest BCUT2D eigenvalue weighted by Crippen LogP contribution is -2.42. The fourth-order valence-corrected chi connectivity index (χ4v) is 4.88. The van der Waals surface area contributed by atoms with E-state index in [2.05, 4.69) is 4.90 Å². The van der Waals surface area contributed by atoms with Gasteiger partial charge < -0.3 is 9.64 Å². The van der Waals surface area contributed by atoms with Crippen LogP contribution in [-0.4, -0.2) is 34.9 Å². The first-order chi connectivity index (χ1) is 14.1. The van der Waals surface area contributed by atoms with Crippen molar-refractivity contribution in [2.75, 3.05) is 18.9 Å². The van der Waals surface area contributed by atoms with Crippen molar-refractivity contribution in [1.29, 1.82) is 0 Å². The van der Waals surface area contributed by atoms with E-state index < -0.39 is 17.8 Å². The number of ether oxygens (including phenoxy) is 1. The van der Waals surface area contributed by atoms with Crippen LogP contribution in [0.15, 0.2) is 59.1 Å². The van der Waals surface area contributed by atoms with Gasteiger partial charge in [0.1, 0.15) is 5.82 Å². The van der Waals surface area contributed by atoms with Crippen LogP contribution < -0.4 is 0 Å². The van der Waals surface area contributed by atoms with Gasteiger partial charge in [-0.1, -0.05) is 59.8 Å². The Hall–Kier alpha value is -2.31. The van der Waals surface area contributed by atoms with E-state index in [0.29, 0.717) is 16.8 Å². The number of hydrogen-bond acceptors (Lipinski definition) is 5. The van der Waals surface area contributed by atoms with Gasteiger partial charge in [0.25, 0.3) is 0 Å². The normalized spacial score (nSPS) is 18.9. The lowest BCUT2D eigenvalue weighted by Gasteiger charge is -2.41. The van der Waals surface area contributed by atoms with E-state index in [1.54, 1.807) is 24.8 Å². The van der Waals surface area contributed by atoms with Gasteiger partial charge in [0.15, 0.2) is 5.17 Å². The molecule has 0 radical (unpaired) electrons. The minimum atomic E-state index is -0.488. The zero-order valence-corrected chi connectivity index (χ0v) is 17.5. The summed E-state index contributed by atoms with van der Waals surface area (Å²) in [5, 5.41) is 1.12. The molecule has 1 fully saturated rings. The number of esters is 1. The molecule has 0 spiro atoms. The Morgan fingerprint density at radius 3 is 2.83 bits per heavy atom. The molecule has 2 aliphatic heterocycles. The van der Waals surface area contributed by atoms with Gasteiger partial charge in [-0.15, -0.1) is 0 Å². The van der Waals surface area contributed by atoms with Crippen LogP contribution in [-0.2, 0) is 9.53 Å². The predicted octanol–water partition coefficient (Wildman–Crippen LogP) is 5.30. The number of amidine groups is 1. The van der Waals surface area contributed by atoms with Crippen LogP contribution in [0.5, 0.6) is 0 Å². The van der Waals surface area contributed by atoms with E-state index in [1.165, 1.54) is 12.1 Å². The van der Waals surface area contributed by atoms with Crippen molar-refractivity contribution in [3.8, 4) is 0 Å². The summed E-state index contributed by atoms with van der Waals surface area (Å²) < 4.78 is 19.1. The predicted molar refractivity (Wildman–Crippen MR) is 115 cm³/mol. The van der Waals surface area contributed by atoms with Gasteiger partial charge in [0.05, 0.1) is 23.9 Å². The maximum absolute atomic E-state index is 13.7. The molecule has 29 heavy (non-hydrogen) atoms. The smallest absolute Gasteiger partial charge is 0.338 e. The second kappa shape index (κ2) is 8.59. The lowest BCUT2D eigenvalue weighted by atomic mass is 9.91. The average molecular weight is 431 g/mol. The van der Waals surface area contributed by atoms with Crippen molar-refractivity contribution in [1.82, 2.24) is 4.90 Å². The Labute approximate surface area is 178 Å². The van der Waals surface area contributed by atoms with Crippen LogP contribution in [0.25, 0.3) is 5.70 Å². The number of hydrogen-bond donors (Lipinski definition) is 0. The van der Waals surface area contributed by atoms with Gasteiger partial charge in [-0.25, -0.2) is 14.2 Å². The van der Waals surface area contributed by atoms with Crippen molar-refractivity contribution in [3.63, 3.8) is 0 Å². The molecule has 0 aliphatic carbocycles. The summed E-state index contributed by atoms with van der Waals surface area (Å²) in [5.41, 5.74) is 2.50. The van der Waals surface area contributed by atoms with Gasteiger partial charge in [-0.3, -0.25) is 0 Å². The van der Waals surface area contributed by atoms with Crippen molar-refractivity contribution >= 4 is 40.2 Å². The van der Waals surface area contributed by atoms with Crippen molar-refractivity contribution in [2.45, 2.75) is 19.4 Å². The van der Waals surface area contributed by atoms with Gasteiger partial charge in [-0.05, 0) is 31.0 Å². The standard InChI is InChI=1S/C22H20ClFN2O2S/c1-2-28-21(27)18-19(14-7-4-3-5-8-14)25-22-26(11-6-12-29-22)20(18)16-10-9-15(24)13-17(16)23/h3-5,7-10,13,20H,2,6,11-12H2,1H3/t20-/m1/s1. The Balaban J connectivity index is 1.97. The lowest BCUT2D eigenvalue weighted by molar-refractivity contribution is -0.139. The molecular weight excluding hydrogens is 411 g/mol. The van der Waals surface area contributed by atoms with E-state index in [4.69, 9.17) is 21.3 Å². The van der Waals surface area contributed by atoms with Crippen LogP contribution in [0.1, 0.15) is 30.5 Å². The number of carbonyl (C=O) groups is 1. The fraction of sp³-hybridized carbons (Fsp3) is 0.273. The molecule has 0 bridgehead atoms. The molecule has 4 nitrogen and oxygen atoms in total. The summed E-state index contributed by atoms with van der Waals surface area (Å²) in [6.45, 7) is 2.75. The highest BCUT2D eigenvalue weighted by Crippen LogP contribution is 2.44. The number of halogens is 2. The third kappa shape index (κ3) is 3.91. The van der Waals surface area contributed by atoms with Gasteiger partial charge in [-0.2, -0.15) is 0 Å². The van der Waals surface area contributed by atoms with Crippen LogP contribution in [0.3, 0.4) is 0 Å². The molecule has 2 aliphatic rings. The van der Waals surface area contributed by atoms with Crippen LogP contribution in [0.4, 0.5) is 4.39 Å². The molecule has 2 aromatic carbocycles. The van der Waals surface area contributed by atoms with E-state index in [9.17, 15) is 9.18 Å². The molecule has 2 aromatic rings. The van der Waals surface area contributed by atoms with Gasteiger partial charge in [0.2, 0.25) is 0 Å². The molecule has 4 rings (SSSR count). The highest BCUT2D eigenvalue weighted by atomic mass is 35.5. The Morgan fingerprint density at radius 2 is 2.10 bits per heavy atom. The summed E-state index contributed by atoms with van der Waals surface area (Å²) in [4.78, 5) is 20.0. The third-order valence-electron chi connectivity index (χ3n) is 4.87. The molecule has 1 saturated heterocycles. The third-order valence-corrected chi connectivity index (χ3v) is 6.27. The molecule has 1 atom stereocenters. The maximum atomic E-state index is 13.7. The molecule has 0 unspecified atom stereocenters. The minimum absolute atomic E-state index is 0.250. The first kappa shape index (κ1) is 20.0. The number of nitrogens with zero attached hydrogens (tertiary/aromatic N) is 2. The molecular formula is C22H20ClFN2O2S. The van der Waals surface area contributed by atoms with Gasteiger partial charge in [0, 0.05) is 22.9 Å². The SMILES string of the molecule is CCOC(=O)C1=C(c2ccccc2)N=C2SCCCN2[C@@H]1c1ccc(F)cc1Cl. The molecule has 0 saturated carbocycles. The Kier molecular flexibility index (Phi) is 5.92. The van der Waals surface area contributed by atoms with Crippen molar-refractivity contribution in [2.24, 2.45) is 4.99 Å². The molecule has 0 aromatic heterocycles. The van der Waals surface area contributed by atoms with Crippen molar-refractivity contribution < 1.29 is 13.9 Å².